The van der Waals surface area contributed by atoms with Crippen molar-refractivity contribution in [1.82, 2.24) is 9.29 Å². The van der Waals surface area contributed by atoms with E-state index < -0.39 is 27.7 Å². The van der Waals surface area contributed by atoms with E-state index in [9.17, 15) is 26.4 Å². The largest absolute Gasteiger partial charge is 0.469 e. The Bertz CT molecular complexity index is 1050. The number of nitrogens with zero attached hydrogens (tertiary/aromatic N) is 3. The molecule has 1 saturated heterocycles. The summed E-state index contributed by atoms with van der Waals surface area (Å²) in [6, 6.07) is 6.76. The topological polar surface area (TPSA) is 79.8 Å². The quantitative estimate of drug-likeness (QED) is 0.562. The summed E-state index contributed by atoms with van der Waals surface area (Å²) in [4.78, 5) is 17.2. The number of piperazine rings is 1. The molecule has 1 aromatic carbocycles. The first kappa shape index (κ1) is 23.5. The zero-order valence-corrected chi connectivity index (χ0v) is 18.8. The lowest BCUT2D eigenvalue weighted by Gasteiger charge is -2.34. The third-order valence-corrected chi connectivity index (χ3v) is 7.12. The van der Waals surface area contributed by atoms with Crippen LogP contribution in [0.2, 0.25) is 0 Å². The number of hydrogen-bond acceptors (Lipinski definition) is 6. The second-order valence-electron chi connectivity index (χ2n) is 6.84. The fourth-order valence-electron chi connectivity index (χ4n) is 3.16. The summed E-state index contributed by atoms with van der Waals surface area (Å²) in [6.07, 6.45) is -3.76. The average molecular weight is 522 g/mol. The first-order valence-corrected chi connectivity index (χ1v) is 11.4. The number of rotatable bonds is 5. The molecule has 0 spiro atoms. The van der Waals surface area contributed by atoms with Gasteiger partial charge in [0, 0.05) is 36.8 Å². The number of carbonyl (C=O) groups is 1. The van der Waals surface area contributed by atoms with Gasteiger partial charge in [-0.05, 0) is 35.9 Å². The van der Waals surface area contributed by atoms with E-state index in [2.05, 4.69) is 25.7 Å². The lowest BCUT2D eigenvalue weighted by molar-refractivity contribution is -0.140. The Kier molecular flexibility index (Phi) is 6.92. The third kappa shape index (κ3) is 5.55. The van der Waals surface area contributed by atoms with Crippen LogP contribution in [-0.2, 0) is 32.2 Å². The summed E-state index contributed by atoms with van der Waals surface area (Å²) < 4.78 is 70.7. The Labute approximate surface area is 186 Å². The van der Waals surface area contributed by atoms with Gasteiger partial charge in [-0.2, -0.15) is 17.5 Å². The summed E-state index contributed by atoms with van der Waals surface area (Å²) in [5, 5.41) is 0. The van der Waals surface area contributed by atoms with Gasteiger partial charge in [0.15, 0.2) is 0 Å². The molecule has 168 valence electrons. The average Bonchev–Trinajstić information content (AvgIpc) is 2.73. The number of benzene rings is 1. The minimum atomic E-state index is -4.46. The molecule has 31 heavy (non-hydrogen) atoms. The summed E-state index contributed by atoms with van der Waals surface area (Å²) in [5.41, 5.74) is -0.345. The Balaban J connectivity index is 1.72. The van der Waals surface area contributed by atoms with Crippen LogP contribution in [0.25, 0.3) is 0 Å². The number of anilines is 1. The lowest BCUT2D eigenvalue weighted by atomic mass is 10.1. The number of aromatic nitrogens is 1. The number of carbonyl (C=O) groups excluding carboxylic acids is 1. The van der Waals surface area contributed by atoms with Crippen LogP contribution in [0.4, 0.5) is 19.0 Å². The molecule has 0 unspecified atom stereocenters. The Hall–Kier alpha value is -2.18. The van der Waals surface area contributed by atoms with Crippen molar-refractivity contribution in [2.24, 2.45) is 0 Å². The van der Waals surface area contributed by atoms with Crippen molar-refractivity contribution in [1.29, 1.82) is 0 Å². The fraction of sp³-hybridized carbons (Fsp3) is 0.368. The van der Waals surface area contributed by atoms with Crippen molar-refractivity contribution in [3.63, 3.8) is 0 Å². The van der Waals surface area contributed by atoms with Gasteiger partial charge in [0.2, 0.25) is 10.0 Å². The molecule has 0 bridgehead atoms. The molecule has 0 saturated carbocycles. The molecule has 1 aromatic heterocycles. The maximum absolute atomic E-state index is 13.1. The first-order valence-electron chi connectivity index (χ1n) is 9.15. The minimum absolute atomic E-state index is 0.0434. The number of methoxy groups -OCH3 is 1. The SMILES string of the molecule is COC(=O)Cc1cc(Br)cc(S(=O)(=O)N2CCN(c3ccc(C(F)(F)F)cn3)CC2)c1. The van der Waals surface area contributed by atoms with Crippen molar-refractivity contribution < 1.29 is 31.1 Å². The first-order chi connectivity index (χ1) is 14.5. The molecule has 0 amide bonds. The molecule has 2 aromatic rings. The Morgan fingerprint density at radius 2 is 1.84 bits per heavy atom. The predicted molar refractivity (Wildman–Crippen MR) is 110 cm³/mol. The second-order valence-corrected chi connectivity index (χ2v) is 9.70. The molecular weight excluding hydrogens is 503 g/mol. The molecule has 7 nitrogen and oxygen atoms in total. The van der Waals surface area contributed by atoms with Gasteiger partial charge in [-0.3, -0.25) is 4.79 Å². The molecule has 0 atom stereocenters. The van der Waals surface area contributed by atoms with Crippen LogP contribution in [0.1, 0.15) is 11.1 Å². The van der Waals surface area contributed by atoms with Gasteiger partial charge in [-0.1, -0.05) is 15.9 Å². The molecule has 1 fully saturated rings. The van der Waals surface area contributed by atoms with E-state index in [0.29, 0.717) is 15.9 Å². The van der Waals surface area contributed by atoms with Gasteiger partial charge in [-0.15, -0.1) is 0 Å². The number of esters is 1. The molecule has 2 heterocycles. The van der Waals surface area contributed by atoms with Gasteiger partial charge in [0.05, 0.1) is 24.0 Å². The van der Waals surface area contributed by atoms with Crippen molar-refractivity contribution in [2.75, 3.05) is 38.2 Å². The normalized spacial score (nSPS) is 15.7. The van der Waals surface area contributed by atoms with Crippen molar-refractivity contribution in [3.8, 4) is 0 Å². The molecule has 12 heteroatoms. The Morgan fingerprint density at radius 3 is 2.39 bits per heavy atom. The van der Waals surface area contributed by atoms with E-state index in [1.54, 1.807) is 11.0 Å². The zero-order valence-electron chi connectivity index (χ0n) is 16.4. The van der Waals surface area contributed by atoms with Crippen LogP contribution in [0.15, 0.2) is 45.9 Å². The standard InChI is InChI=1S/C19H19BrF3N3O4S/c1-30-18(27)10-13-8-15(20)11-16(9-13)31(28,29)26-6-4-25(5-7-26)17-3-2-14(12-24-17)19(21,22)23/h2-3,8-9,11-12H,4-7,10H2,1H3. The molecular formula is C19H19BrF3N3O4S. The van der Waals surface area contributed by atoms with E-state index >= 15 is 0 Å². The van der Waals surface area contributed by atoms with Gasteiger partial charge in [0.25, 0.3) is 0 Å². The van der Waals surface area contributed by atoms with Crippen LogP contribution in [0.5, 0.6) is 0 Å². The van der Waals surface area contributed by atoms with Gasteiger partial charge in [0.1, 0.15) is 5.82 Å². The van der Waals surface area contributed by atoms with Crippen LogP contribution in [0, 0.1) is 0 Å². The summed E-state index contributed by atoms with van der Waals surface area (Å²) in [7, 11) is -2.57. The lowest BCUT2D eigenvalue weighted by Crippen LogP contribution is -2.48. The fourth-order valence-corrected chi connectivity index (χ4v) is 5.37. The van der Waals surface area contributed by atoms with E-state index in [1.807, 2.05) is 0 Å². The number of ether oxygens (including phenoxy) is 1. The van der Waals surface area contributed by atoms with E-state index in [0.717, 1.165) is 12.3 Å². The number of sulfonamides is 1. The van der Waals surface area contributed by atoms with E-state index in [4.69, 9.17) is 0 Å². The van der Waals surface area contributed by atoms with Crippen molar-refractivity contribution in [2.45, 2.75) is 17.5 Å². The van der Waals surface area contributed by atoms with Crippen LogP contribution >= 0.6 is 15.9 Å². The highest BCUT2D eigenvalue weighted by atomic mass is 79.9. The zero-order chi connectivity index (χ0) is 22.8. The van der Waals surface area contributed by atoms with Crippen LogP contribution in [-0.4, -0.2) is 57.0 Å². The monoisotopic (exact) mass is 521 g/mol. The molecule has 0 N–H and O–H groups in total. The van der Waals surface area contributed by atoms with Gasteiger partial charge < -0.3 is 9.64 Å². The molecule has 3 rings (SSSR count). The number of alkyl halides is 3. The molecule has 0 aliphatic carbocycles. The van der Waals surface area contributed by atoms with Crippen LogP contribution in [0.3, 0.4) is 0 Å². The van der Waals surface area contributed by atoms with Gasteiger partial charge in [-0.25, -0.2) is 13.4 Å². The molecule has 0 radical (unpaired) electrons. The van der Waals surface area contributed by atoms with Crippen molar-refractivity contribution >= 4 is 37.7 Å². The van der Waals surface area contributed by atoms with E-state index in [-0.39, 0.29) is 37.5 Å². The van der Waals surface area contributed by atoms with Gasteiger partial charge >= 0.3 is 12.1 Å². The highest BCUT2D eigenvalue weighted by Crippen LogP contribution is 2.30. The van der Waals surface area contributed by atoms with E-state index in [1.165, 1.54) is 29.6 Å². The third-order valence-electron chi connectivity index (χ3n) is 4.78. The minimum Gasteiger partial charge on any atom is -0.469 e. The summed E-state index contributed by atoms with van der Waals surface area (Å²) in [5.74, 6) is -0.132. The summed E-state index contributed by atoms with van der Waals surface area (Å²) >= 11 is 3.27. The number of hydrogen-bond donors (Lipinski definition) is 0. The van der Waals surface area contributed by atoms with Crippen molar-refractivity contribution in [3.05, 3.63) is 52.1 Å². The molecule has 1 aliphatic heterocycles. The highest BCUT2D eigenvalue weighted by Gasteiger charge is 2.32. The predicted octanol–water partition coefficient (Wildman–Crippen LogP) is 3.09. The smallest absolute Gasteiger partial charge is 0.417 e. The highest BCUT2D eigenvalue weighted by molar-refractivity contribution is 9.10. The summed E-state index contributed by atoms with van der Waals surface area (Å²) in [6.45, 7) is 0.842. The maximum atomic E-state index is 13.1. The second kappa shape index (κ2) is 9.13. The number of pyridine rings is 1. The number of halogens is 4. The maximum Gasteiger partial charge on any atom is 0.417 e. The van der Waals surface area contributed by atoms with Crippen LogP contribution < -0.4 is 4.90 Å². The Morgan fingerprint density at radius 1 is 1.16 bits per heavy atom. The molecule has 1 aliphatic rings.